The molecular formula is C33H37N5O7. The van der Waals surface area contributed by atoms with Crippen molar-refractivity contribution >= 4 is 23.8 Å². The number of hydrogen-bond acceptors (Lipinski definition) is 10. The van der Waals surface area contributed by atoms with Gasteiger partial charge in [0.2, 0.25) is 11.8 Å². The number of amides is 2. The molecule has 1 atom stereocenters. The highest BCUT2D eigenvalue weighted by molar-refractivity contribution is 5.94. The molecule has 0 bridgehead atoms. The van der Waals surface area contributed by atoms with Crippen molar-refractivity contribution in [3.05, 3.63) is 89.9 Å². The van der Waals surface area contributed by atoms with Crippen LogP contribution in [0.4, 0.5) is 10.6 Å². The third kappa shape index (κ3) is 10.4. The lowest BCUT2D eigenvalue weighted by Gasteiger charge is -2.22. The van der Waals surface area contributed by atoms with E-state index in [1.54, 1.807) is 58.3 Å². The molecule has 0 spiro atoms. The molecule has 0 aliphatic carbocycles. The molecule has 0 aliphatic rings. The Morgan fingerprint density at radius 3 is 2.42 bits per heavy atom. The van der Waals surface area contributed by atoms with Crippen LogP contribution in [0.25, 0.3) is 11.3 Å². The van der Waals surface area contributed by atoms with E-state index in [0.29, 0.717) is 35.9 Å². The van der Waals surface area contributed by atoms with E-state index >= 15 is 0 Å². The lowest BCUT2D eigenvalue weighted by Crippen LogP contribution is -2.44. The summed E-state index contributed by atoms with van der Waals surface area (Å²) in [6.07, 6.45) is 2.88. The predicted molar refractivity (Wildman–Crippen MR) is 165 cm³/mol. The molecule has 4 aromatic rings. The first-order chi connectivity index (χ1) is 21.6. The van der Waals surface area contributed by atoms with Crippen LogP contribution in [0.2, 0.25) is 0 Å². The summed E-state index contributed by atoms with van der Waals surface area (Å²) in [5, 5.41) is 9.46. The molecule has 1 aromatic carbocycles. The number of carbonyl (C=O) groups excluding carboxylic acids is 3. The fourth-order valence-electron chi connectivity index (χ4n) is 4.19. The van der Waals surface area contributed by atoms with Crippen molar-refractivity contribution in [2.75, 3.05) is 11.9 Å². The molecule has 0 saturated carbocycles. The molecule has 0 fully saturated rings. The summed E-state index contributed by atoms with van der Waals surface area (Å²) in [5.74, 6) is 0.206. The standard InChI is InChI=1S/C33H37N5O7/c1-5-42-31(40)26(36-32(41)44-33(2,3)4)15-16-28(39)37-30-25(9-8-18-35-30)27-20-24(38-45-27)19-22-11-13-23(14-12-22)21-43-29-10-6-7-17-34-29/h6-14,17-18,20,26H,5,15-16,19,21H2,1-4H3,(H,36,41)(H,35,37,39)/t26-/m0/s1. The molecule has 3 aromatic heterocycles. The molecule has 236 valence electrons. The number of ether oxygens (including phenoxy) is 3. The van der Waals surface area contributed by atoms with E-state index in [0.717, 1.165) is 11.1 Å². The number of pyridine rings is 2. The van der Waals surface area contributed by atoms with Gasteiger partial charge in [-0.3, -0.25) is 4.79 Å². The van der Waals surface area contributed by atoms with Gasteiger partial charge in [0.25, 0.3) is 0 Å². The largest absolute Gasteiger partial charge is 0.473 e. The van der Waals surface area contributed by atoms with Crippen molar-refractivity contribution in [1.82, 2.24) is 20.4 Å². The van der Waals surface area contributed by atoms with Gasteiger partial charge in [-0.05, 0) is 63.4 Å². The number of alkyl carbamates (subject to hydrolysis) is 1. The Balaban J connectivity index is 1.34. The second-order valence-corrected chi connectivity index (χ2v) is 11.1. The zero-order chi connectivity index (χ0) is 32.2. The maximum Gasteiger partial charge on any atom is 0.408 e. The Morgan fingerprint density at radius 2 is 1.71 bits per heavy atom. The average Bonchev–Trinajstić information content (AvgIpc) is 3.47. The Morgan fingerprint density at radius 1 is 0.956 bits per heavy atom. The quantitative estimate of drug-likeness (QED) is 0.185. The maximum atomic E-state index is 12.9. The van der Waals surface area contributed by atoms with Gasteiger partial charge in [-0.2, -0.15) is 0 Å². The minimum absolute atomic E-state index is 0.00735. The summed E-state index contributed by atoms with van der Waals surface area (Å²) in [6, 6.07) is 17.7. The lowest BCUT2D eigenvalue weighted by molar-refractivity contribution is -0.145. The Hall–Kier alpha value is -5.26. The van der Waals surface area contributed by atoms with Gasteiger partial charge < -0.3 is 29.4 Å². The van der Waals surface area contributed by atoms with E-state index in [4.69, 9.17) is 18.7 Å². The molecule has 0 radical (unpaired) electrons. The number of benzene rings is 1. The van der Waals surface area contributed by atoms with E-state index in [-0.39, 0.29) is 25.3 Å². The Labute approximate surface area is 261 Å². The van der Waals surface area contributed by atoms with Crippen LogP contribution in [0.1, 0.15) is 57.4 Å². The van der Waals surface area contributed by atoms with Gasteiger partial charge >= 0.3 is 12.1 Å². The van der Waals surface area contributed by atoms with E-state index in [9.17, 15) is 14.4 Å². The first-order valence-electron chi connectivity index (χ1n) is 14.6. The SMILES string of the molecule is CCOC(=O)[C@H](CCC(=O)Nc1ncccc1-c1cc(Cc2ccc(COc3ccccn3)cc2)no1)NC(=O)OC(C)(C)C. The highest BCUT2D eigenvalue weighted by Gasteiger charge is 2.26. The van der Waals surface area contributed by atoms with Gasteiger partial charge in [-0.1, -0.05) is 35.5 Å². The van der Waals surface area contributed by atoms with Crippen LogP contribution in [0, 0.1) is 0 Å². The summed E-state index contributed by atoms with van der Waals surface area (Å²) < 4.78 is 21.6. The summed E-state index contributed by atoms with van der Waals surface area (Å²) in [7, 11) is 0. The number of rotatable bonds is 13. The second-order valence-electron chi connectivity index (χ2n) is 11.1. The Kier molecular flexibility index (Phi) is 11.2. The summed E-state index contributed by atoms with van der Waals surface area (Å²) in [5.41, 5.74) is 2.54. The first-order valence-corrected chi connectivity index (χ1v) is 14.6. The van der Waals surface area contributed by atoms with Crippen LogP contribution in [0.15, 0.2) is 77.6 Å². The molecule has 0 saturated heterocycles. The van der Waals surface area contributed by atoms with Gasteiger partial charge in [-0.15, -0.1) is 0 Å². The van der Waals surface area contributed by atoms with Crippen molar-refractivity contribution in [2.45, 2.75) is 65.2 Å². The van der Waals surface area contributed by atoms with Crippen molar-refractivity contribution in [1.29, 1.82) is 0 Å². The van der Waals surface area contributed by atoms with Crippen LogP contribution in [0.3, 0.4) is 0 Å². The van der Waals surface area contributed by atoms with Crippen LogP contribution in [-0.2, 0) is 32.1 Å². The molecule has 4 rings (SSSR count). The number of esters is 1. The van der Waals surface area contributed by atoms with Crippen LogP contribution in [0.5, 0.6) is 5.88 Å². The topological polar surface area (TPSA) is 155 Å². The first kappa shape index (κ1) is 32.6. The predicted octanol–water partition coefficient (Wildman–Crippen LogP) is 5.48. The molecule has 0 aliphatic heterocycles. The minimum Gasteiger partial charge on any atom is -0.473 e. The van der Waals surface area contributed by atoms with Gasteiger partial charge in [0.1, 0.15) is 24.1 Å². The van der Waals surface area contributed by atoms with Gasteiger partial charge in [0, 0.05) is 37.4 Å². The maximum absolute atomic E-state index is 12.9. The Bertz CT molecular complexity index is 1570. The van der Waals surface area contributed by atoms with E-state index in [2.05, 4.69) is 25.8 Å². The van der Waals surface area contributed by atoms with Crippen molar-refractivity contribution in [2.24, 2.45) is 0 Å². The smallest absolute Gasteiger partial charge is 0.408 e. The molecule has 12 nitrogen and oxygen atoms in total. The van der Waals surface area contributed by atoms with Gasteiger partial charge in [0.15, 0.2) is 5.76 Å². The number of nitrogens with zero attached hydrogens (tertiary/aromatic N) is 3. The zero-order valence-corrected chi connectivity index (χ0v) is 25.7. The molecule has 3 heterocycles. The third-order valence-corrected chi connectivity index (χ3v) is 6.24. The van der Waals surface area contributed by atoms with Gasteiger partial charge in [0.05, 0.1) is 17.9 Å². The average molecular weight is 616 g/mol. The molecular weight excluding hydrogens is 578 g/mol. The highest BCUT2D eigenvalue weighted by atomic mass is 16.6. The number of nitrogens with one attached hydrogen (secondary N) is 2. The van der Waals surface area contributed by atoms with Crippen molar-refractivity contribution < 1.29 is 33.1 Å². The number of aromatic nitrogens is 3. The molecule has 2 amide bonds. The molecule has 0 unspecified atom stereocenters. The third-order valence-electron chi connectivity index (χ3n) is 6.24. The monoisotopic (exact) mass is 615 g/mol. The summed E-state index contributed by atoms with van der Waals surface area (Å²) in [6.45, 7) is 7.32. The van der Waals surface area contributed by atoms with Gasteiger partial charge in [-0.25, -0.2) is 19.6 Å². The summed E-state index contributed by atoms with van der Waals surface area (Å²) in [4.78, 5) is 46.0. The van der Waals surface area contributed by atoms with Crippen LogP contribution >= 0.6 is 0 Å². The summed E-state index contributed by atoms with van der Waals surface area (Å²) >= 11 is 0. The minimum atomic E-state index is -1.06. The molecule has 45 heavy (non-hydrogen) atoms. The molecule has 2 N–H and O–H groups in total. The highest BCUT2D eigenvalue weighted by Crippen LogP contribution is 2.27. The fraction of sp³-hybridized carbons (Fsp3) is 0.333. The number of anilines is 1. The van der Waals surface area contributed by atoms with Crippen molar-refractivity contribution in [3.63, 3.8) is 0 Å². The lowest BCUT2D eigenvalue weighted by atomic mass is 10.1. The van der Waals surface area contributed by atoms with E-state index in [1.165, 1.54) is 0 Å². The van der Waals surface area contributed by atoms with Crippen LogP contribution < -0.4 is 15.4 Å². The zero-order valence-electron chi connectivity index (χ0n) is 25.7. The number of hydrogen-bond donors (Lipinski definition) is 2. The second kappa shape index (κ2) is 15.5. The molecule has 12 heteroatoms. The fourth-order valence-corrected chi connectivity index (χ4v) is 4.19. The number of carbonyl (C=O) groups is 3. The van der Waals surface area contributed by atoms with Crippen LogP contribution in [-0.4, -0.2) is 51.3 Å². The van der Waals surface area contributed by atoms with Crippen molar-refractivity contribution in [3.8, 4) is 17.2 Å². The normalized spacial score (nSPS) is 11.7. The van der Waals surface area contributed by atoms with E-state index < -0.39 is 29.6 Å². The van der Waals surface area contributed by atoms with E-state index in [1.807, 2.05) is 42.5 Å².